The van der Waals surface area contributed by atoms with Gasteiger partial charge in [-0.05, 0) is 39.8 Å². The molecule has 0 saturated carbocycles. The summed E-state index contributed by atoms with van der Waals surface area (Å²) in [4.78, 5) is 20.7. The molecule has 112 valence electrons. The van der Waals surface area contributed by atoms with Gasteiger partial charge in [0.2, 0.25) is 5.89 Å². The number of anilines is 1. The second kappa shape index (κ2) is 6.39. The van der Waals surface area contributed by atoms with Crippen molar-refractivity contribution in [3.05, 3.63) is 40.7 Å². The van der Waals surface area contributed by atoms with Crippen molar-refractivity contribution in [1.29, 1.82) is 0 Å². The summed E-state index contributed by atoms with van der Waals surface area (Å²) in [6.45, 7) is 8.59. The van der Waals surface area contributed by atoms with Gasteiger partial charge in [-0.3, -0.25) is 4.79 Å². The number of pyridine rings is 1. The molecule has 0 atom stereocenters. The van der Waals surface area contributed by atoms with Crippen molar-refractivity contribution < 1.29 is 9.21 Å². The van der Waals surface area contributed by atoms with E-state index in [0.717, 1.165) is 23.7 Å². The molecule has 2 aromatic heterocycles. The van der Waals surface area contributed by atoms with Gasteiger partial charge in [0.25, 0.3) is 5.91 Å². The fraction of sp³-hybridized carbons (Fsp3) is 0.400. The van der Waals surface area contributed by atoms with Gasteiger partial charge in [-0.1, -0.05) is 0 Å². The molecule has 2 N–H and O–H groups in total. The van der Waals surface area contributed by atoms with Crippen LogP contribution in [0, 0.1) is 20.8 Å². The molecule has 2 rings (SSSR count). The second-order valence-corrected chi connectivity index (χ2v) is 4.84. The highest BCUT2D eigenvalue weighted by molar-refractivity contribution is 5.94. The Morgan fingerprint density at radius 2 is 2.00 bits per heavy atom. The Kier molecular flexibility index (Phi) is 4.57. The van der Waals surface area contributed by atoms with Crippen molar-refractivity contribution in [2.45, 2.75) is 34.2 Å². The van der Waals surface area contributed by atoms with E-state index in [1.807, 2.05) is 27.7 Å². The first-order chi connectivity index (χ1) is 9.99. The zero-order valence-electron chi connectivity index (χ0n) is 12.8. The molecule has 0 unspecified atom stereocenters. The van der Waals surface area contributed by atoms with Crippen molar-refractivity contribution in [3.63, 3.8) is 0 Å². The van der Waals surface area contributed by atoms with Crippen LogP contribution in [0.2, 0.25) is 0 Å². The molecule has 2 heterocycles. The minimum Gasteiger partial charge on any atom is -0.444 e. The van der Waals surface area contributed by atoms with Gasteiger partial charge in [-0.15, -0.1) is 0 Å². The zero-order valence-corrected chi connectivity index (χ0v) is 12.8. The van der Waals surface area contributed by atoms with E-state index in [-0.39, 0.29) is 12.5 Å². The zero-order chi connectivity index (χ0) is 15.4. The van der Waals surface area contributed by atoms with Gasteiger partial charge in [0.15, 0.2) is 0 Å². The summed E-state index contributed by atoms with van der Waals surface area (Å²) in [5.41, 5.74) is 2.20. The van der Waals surface area contributed by atoms with Crippen molar-refractivity contribution in [3.8, 4) is 0 Å². The van der Waals surface area contributed by atoms with Crippen LogP contribution in [0.3, 0.4) is 0 Å². The smallest absolute Gasteiger partial charge is 0.251 e. The van der Waals surface area contributed by atoms with Gasteiger partial charge < -0.3 is 15.1 Å². The monoisotopic (exact) mass is 288 g/mol. The number of rotatable bonds is 5. The first-order valence-electron chi connectivity index (χ1n) is 6.93. The molecule has 0 aliphatic carbocycles. The van der Waals surface area contributed by atoms with Crippen LogP contribution in [0.4, 0.5) is 5.82 Å². The normalized spacial score (nSPS) is 10.5. The van der Waals surface area contributed by atoms with E-state index < -0.39 is 0 Å². The Labute approximate surface area is 124 Å². The van der Waals surface area contributed by atoms with E-state index in [9.17, 15) is 4.79 Å². The molecule has 0 fully saturated rings. The third-order valence-corrected chi connectivity index (χ3v) is 3.05. The summed E-state index contributed by atoms with van der Waals surface area (Å²) in [7, 11) is 0. The predicted octanol–water partition coefficient (Wildman–Crippen LogP) is 2.36. The lowest BCUT2D eigenvalue weighted by molar-refractivity contribution is 0.0947. The molecule has 0 aliphatic rings. The fourth-order valence-corrected chi connectivity index (χ4v) is 1.94. The molecule has 6 nitrogen and oxygen atoms in total. The van der Waals surface area contributed by atoms with Gasteiger partial charge in [0.05, 0.1) is 12.2 Å². The summed E-state index contributed by atoms with van der Waals surface area (Å²) in [5.74, 6) is 1.81. The Bertz CT molecular complexity index is 630. The molecule has 21 heavy (non-hydrogen) atoms. The maximum absolute atomic E-state index is 12.2. The molecule has 0 saturated heterocycles. The van der Waals surface area contributed by atoms with Crippen LogP contribution in [-0.2, 0) is 6.54 Å². The minimum absolute atomic E-state index is 0.173. The van der Waals surface area contributed by atoms with Crippen LogP contribution in [0.15, 0.2) is 16.5 Å². The number of aryl methyl sites for hydroxylation is 3. The highest BCUT2D eigenvalue weighted by atomic mass is 16.4. The van der Waals surface area contributed by atoms with E-state index in [2.05, 4.69) is 20.6 Å². The van der Waals surface area contributed by atoms with Crippen molar-refractivity contribution in [2.24, 2.45) is 0 Å². The Morgan fingerprint density at radius 1 is 1.24 bits per heavy atom. The van der Waals surface area contributed by atoms with Crippen molar-refractivity contribution >= 4 is 11.7 Å². The third kappa shape index (κ3) is 3.81. The maximum atomic E-state index is 12.2. The maximum Gasteiger partial charge on any atom is 0.251 e. The van der Waals surface area contributed by atoms with E-state index in [1.54, 1.807) is 12.1 Å². The van der Waals surface area contributed by atoms with Crippen LogP contribution in [-0.4, -0.2) is 22.4 Å². The summed E-state index contributed by atoms with van der Waals surface area (Å²) in [5, 5.41) is 5.91. The lowest BCUT2D eigenvalue weighted by Gasteiger charge is -2.07. The van der Waals surface area contributed by atoms with Gasteiger partial charge in [0, 0.05) is 17.8 Å². The van der Waals surface area contributed by atoms with E-state index in [0.29, 0.717) is 17.3 Å². The number of aromatic nitrogens is 2. The minimum atomic E-state index is -0.173. The number of carbonyl (C=O) groups excluding carboxylic acids is 1. The Hall–Kier alpha value is -2.37. The van der Waals surface area contributed by atoms with Crippen LogP contribution < -0.4 is 10.6 Å². The standard InChI is InChI=1S/C15H20N4O2/c1-5-16-13-7-12(6-9(2)18-13)15(20)17-8-14-19-10(3)11(4)21-14/h6-7H,5,8H2,1-4H3,(H,16,18)(H,17,20). The quantitative estimate of drug-likeness (QED) is 0.882. The van der Waals surface area contributed by atoms with Crippen LogP contribution >= 0.6 is 0 Å². The molecule has 0 bridgehead atoms. The molecule has 6 heteroatoms. The van der Waals surface area contributed by atoms with Crippen LogP contribution in [0.5, 0.6) is 0 Å². The second-order valence-electron chi connectivity index (χ2n) is 4.84. The molecular formula is C15H20N4O2. The number of hydrogen-bond acceptors (Lipinski definition) is 5. The average molecular weight is 288 g/mol. The molecule has 1 amide bonds. The summed E-state index contributed by atoms with van der Waals surface area (Å²) in [6, 6.07) is 3.49. The number of amides is 1. The third-order valence-electron chi connectivity index (χ3n) is 3.05. The largest absolute Gasteiger partial charge is 0.444 e. The Balaban J connectivity index is 2.06. The molecule has 0 radical (unpaired) electrons. The number of hydrogen-bond donors (Lipinski definition) is 2. The molecule has 0 aromatic carbocycles. The first kappa shape index (κ1) is 15.0. The lowest BCUT2D eigenvalue weighted by Crippen LogP contribution is -2.23. The Morgan fingerprint density at radius 3 is 2.62 bits per heavy atom. The van der Waals surface area contributed by atoms with E-state index >= 15 is 0 Å². The number of nitrogens with one attached hydrogen (secondary N) is 2. The fourth-order valence-electron chi connectivity index (χ4n) is 1.94. The van der Waals surface area contributed by atoms with Gasteiger partial charge in [0.1, 0.15) is 11.6 Å². The number of carbonyl (C=O) groups is 1. The molecule has 0 aliphatic heterocycles. The number of nitrogens with zero attached hydrogens (tertiary/aromatic N) is 2. The summed E-state index contributed by atoms with van der Waals surface area (Å²) < 4.78 is 5.44. The van der Waals surface area contributed by atoms with Crippen molar-refractivity contribution in [1.82, 2.24) is 15.3 Å². The molecule has 0 spiro atoms. The van der Waals surface area contributed by atoms with E-state index in [1.165, 1.54) is 0 Å². The topological polar surface area (TPSA) is 80.0 Å². The average Bonchev–Trinajstić information content (AvgIpc) is 2.75. The SMILES string of the molecule is CCNc1cc(C(=O)NCc2nc(C)c(C)o2)cc(C)n1. The van der Waals surface area contributed by atoms with Crippen LogP contribution in [0.25, 0.3) is 0 Å². The highest BCUT2D eigenvalue weighted by Gasteiger charge is 2.11. The highest BCUT2D eigenvalue weighted by Crippen LogP contribution is 2.11. The van der Waals surface area contributed by atoms with E-state index in [4.69, 9.17) is 4.42 Å². The molecular weight excluding hydrogens is 268 g/mol. The summed E-state index contributed by atoms with van der Waals surface area (Å²) >= 11 is 0. The van der Waals surface area contributed by atoms with Gasteiger partial charge >= 0.3 is 0 Å². The van der Waals surface area contributed by atoms with Crippen LogP contribution in [0.1, 0.15) is 40.3 Å². The van der Waals surface area contributed by atoms with Gasteiger partial charge in [-0.2, -0.15) is 0 Å². The van der Waals surface area contributed by atoms with Crippen molar-refractivity contribution in [2.75, 3.05) is 11.9 Å². The summed E-state index contributed by atoms with van der Waals surface area (Å²) in [6.07, 6.45) is 0. The first-order valence-corrected chi connectivity index (χ1v) is 6.93. The lowest BCUT2D eigenvalue weighted by atomic mass is 10.2. The van der Waals surface area contributed by atoms with Gasteiger partial charge in [-0.25, -0.2) is 9.97 Å². The number of oxazole rings is 1. The predicted molar refractivity (Wildman–Crippen MR) is 80.3 cm³/mol. The molecule has 2 aromatic rings.